The third kappa shape index (κ3) is 26.6. The van der Waals surface area contributed by atoms with Gasteiger partial charge in [-0.1, -0.05) is 13.3 Å². The minimum absolute atomic E-state index is 0.0208. The molecule has 6 aliphatic heterocycles. The van der Waals surface area contributed by atoms with Gasteiger partial charge >= 0.3 is 0 Å². The summed E-state index contributed by atoms with van der Waals surface area (Å²) in [5, 5.41) is 210. The molecule has 0 aliphatic carbocycles. The number of aliphatic hydroxyl groups is 20. The number of nitrogens with two attached hydrogens (primary N) is 1. The first-order valence-electron chi connectivity index (χ1n) is 34.8. The van der Waals surface area contributed by atoms with Gasteiger partial charge in [-0.25, -0.2) is 5.43 Å². The Morgan fingerprint density at radius 3 is 1.08 bits per heavy atom. The Hall–Kier alpha value is -3.61. The van der Waals surface area contributed by atoms with Crippen molar-refractivity contribution in [1.29, 1.82) is 0 Å². The van der Waals surface area contributed by atoms with Gasteiger partial charge in [-0.3, -0.25) is 29.4 Å². The zero-order chi connectivity index (χ0) is 77.1. The second kappa shape index (κ2) is 46.1. The quantitative estimate of drug-likeness (QED) is 0.0200. The van der Waals surface area contributed by atoms with Crippen molar-refractivity contribution in [1.82, 2.24) is 21.5 Å². The second-order valence-electron chi connectivity index (χ2n) is 26.0. The Bertz CT molecular complexity index is 2490. The van der Waals surface area contributed by atoms with Crippen LogP contribution in [0.15, 0.2) is 0 Å². The van der Waals surface area contributed by atoms with Crippen molar-refractivity contribution in [2.45, 2.75) is 288 Å². The average Bonchev–Trinajstić information content (AvgIpc) is 0.794. The highest BCUT2D eigenvalue weighted by Crippen LogP contribution is 2.34. The fourth-order valence-electron chi connectivity index (χ4n) is 11.7. The number of amides is 3. The predicted molar refractivity (Wildman–Crippen MR) is 341 cm³/mol. The van der Waals surface area contributed by atoms with E-state index in [2.05, 4.69) is 21.5 Å². The van der Waals surface area contributed by atoms with E-state index in [-0.39, 0.29) is 74.9 Å². The predicted octanol–water partition coefficient (Wildman–Crippen LogP) is -12.7. The van der Waals surface area contributed by atoms with Gasteiger partial charge in [-0.15, -0.1) is 0 Å². The van der Waals surface area contributed by atoms with Gasteiger partial charge in [0.05, 0.1) is 58.9 Å². The van der Waals surface area contributed by atoms with E-state index in [1.807, 2.05) is 6.92 Å². The maximum Gasteiger partial charge on any atom is 0.234 e. The summed E-state index contributed by atoms with van der Waals surface area (Å²) >= 11 is 0. The van der Waals surface area contributed by atoms with Crippen LogP contribution in [-0.2, 0) is 80.8 Å². The molecule has 26 N–H and O–H groups in total. The lowest BCUT2D eigenvalue weighted by molar-refractivity contribution is -0.366. The first kappa shape index (κ1) is 91.0. The van der Waals surface area contributed by atoms with Crippen LogP contribution in [0.4, 0.5) is 0 Å². The van der Waals surface area contributed by atoms with Gasteiger partial charge in [0, 0.05) is 45.2 Å². The Morgan fingerprint density at radius 1 is 0.385 bits per heavy atom. The third-order valence-electron chi connectivity index (χ3n) is 18.0. The van der Waals surface area contributed by atoms with Crippen molar-refractivity contribution < 1.29 is 183 Å². The molecule has 42 nitrogen and oxygen atoms in total. The smallest absolute Gasteiger partial charge is 0.234 e. The molecule has 0 radical (unpaired) electrons. The largest absolute Gasteiger partial charge is 0.394 e. The lowest BCUT2D eigenvalue weighted by Gasteiger charge is -2.46. The summed E-state index contributed by atoms with van der Waals surface area (Å²) in [5.41, 5.74) is 10.7. The van der Waals surface area contributed by atoms with Crippen LogP contribution in [0.2, 0.25) is 0 Å². The highest BCUT2D eigenvalue weighted by Gasteiger charge is 2.55. The van der Waals surface area contributed by atoms with Crippen LogP contribution < -0.4 is 27.2 Å². The van der Waals surface area contributed by atoms with E-state index >= 15 is 0 Å². The van der Waals surface area contributed by atoms with Gasteiger partial charge in [0.1, 0.15) is 158 Å². The van der Waals surface area contributed by atoms with Crippen molar-refractivity contribution in [2.75, 3.05) is 72.5 Å². The zero-order valence-corrected chi connectivity index (χ0v) is 57.8. The summed E-state index contributed by atoms with van der Waals surface area (Å²) in [6.07, 6.45) is -44.2. The molecule has 0 aromatic rings. The number of unbranched alkanes of at least 4 members (excludes halogenated alkanes) is 3. The van der Waals surface area contributed by atoms with E-state index in [4.69, 9.17) is 62.6 Å². The maximum absolute atomic E-state index is 12.4. The van der Waals surface area contributed by atoms with Crippen LogP contribution in [0.3, 0.4) is 0 Å². The number of hydrogen-bond acceptors (Lipinski definition) is 39. The Morgan fingerprint density at radius 2 is 0.721 bits per heavy atom. The molecule has 606 valence electrons. The van der Waals surface area contributed by atoms with Crippen molar-refractivity contribution in [3.63, 3.8) is 0 Å². The van der Waals surface area contributed by atoms with Gasteiger partial charge in [0.15, 0.2) is 37.7 Å². The van der Waals surface area contributed by atoms with Crippen LogP contribution in [0.25, 0.3) is 0 Å². The number of carbonyl (C=O) groups is 5. The number of hydrazine groups is 1. The fourth-order valence-corrected chi connectivity index (χ4v) is 11.7. The van der Waals surface area contributed by atoms with Crippen LogP contribution in [0.5, 0.6) is 0 Å². The van der Waals surface area contributed by atoms with E-state index < -0.39 is 230 Å². The van der Waals surface area contributed by atoms with E-state index in [1.165, 1.54) is 6.92 Å². The summed E-state index contributed by atoms with van der Waals surface area (Å²) in [6.45, 7) is -0.990. The molecule has 0 bridgehead atoms. The van der Waals surface area contributed by atoms with Gasteiger partial charge in [-0.2, -0.15) is 0 Å². The monoisotopic (exact) mass is 1520 g/mol. The van der Waals surface area contributed by atoms with Gasteiger partial charge < -0.3 is 175 Å². The Kier molecular flexibility index (Phi) is 40.4. The van der Waals surface area contributed by atoms with Gasteiger partial charge in [-0.05, 0) is 58.4 Å². The number of aliphatic hydroxyl groups excluding tert-OH is 20. The van der Waals surface area contributed by atoms with Crippen LogP contribution in [-0.4, -0.2) is 394 Å². The minimum Gasteiger partial charge on any atom is -0.394 e. The maximum atomic E-state index is 12.4. The number of ketones is 2. The molecule has 31 atom stereocenters. The lowest BCUT2D eigenvalue weighted by Crippen LogP contribution is -2.65. The number of ether oxygens (including phenoxy) is 12. The SMILES string of the molecule is CC(=O)[C@H](CCCCN)NNC(=O)CCCCC(=O)NCCO[C@@H]1O[C@H](CO[C@H]2O[C@H](CO)[C@@H](O)[C@H](O)[C@@H]2O)[C@@H](O)[C@H](O[C@H]2O[C@H](CO)[C@@H](O)[C@H](O)[C@@H]2O)[C@@H]1O.CCCC(=O)CCCCC(=O)NCCO[C@@H]1O[C@H](CO[C@H]2O[C@H](CO)[C@@H](O)[C@H](O)[C@@H]2O)[C@@H](O)[C@H](O[C@H]2O[C@H](CO)[C@@H](O)[C@H](O)[C@@H]2O)[C@@H]1O. The summed E-state index contributed by atoms with van der Waals surface area (Å²) in [4.78, 5) is 60.2. The van der Waals surface area contributed by atoms with Gasteiger partial charge in [0.25, 0.3) is 0 Å². The van der Waals surface area contributed by atoms with Crippen molar-refractivity contribution in [3.05, 3.63) is 0 Å². The Balaban J connectivity index is 0.000000378. The van der Waals surface area contributed by atoms with Crippen molar-refractivity contribution >= 4 is 29.3 Å². The number of Topliss-reactive ketones (excluding diaryl/α,β-unsaturated/α-hetero) is 2. The first-order valence-corrected chi connectivity index (χ1v) is 34.8. The zero-order valence-electron chi connectivity index (χ0n) is 57.8. The number of rotatable bonds is 41. The van der Waals surface area contributed by atoms with Crippen LogP contribution in [0, 0.1) is 0 Å². The molecular formula is C62H111N5O37. The average molecular weight is 1520 g/mol. The summed E-state index contributed by atoms with van der Waals surface area (Å²) < 4.78 is 66.3. The lowest BCUT2D eigenvalue weighted by atomic mass is 9.96. The topological polar surface area (TPSA) is 675 Å². The van der Waals surface area contributed by atoms with E-state index in [1.54, 1.807) is 0 Å². The number of nitrogens with one attached hydrogen (secondary N) is 4. The highest BCUT2D eigenvalue weighted by atomic mass is 16.8. The first-order chi connectivity index (χ1) is 49.5. The summed E-state index contributed by atoms with van der Waals surface area (Å²) in [7, 11) is 0. The minimum atomic E-state index is -1.91. The molecule has 0 spiro atoms. The second-order valence-corrected chi connectivity index (χ2v) is 26.0. The molecule has 6 fully saturated rings. The van der Waals surface area contributed by atoms with E-state index in [0.29, 0.717) is 51.5 Å². The van der Waals surface area contributed by atoms with Crippen LogP contribution >= 0.6 is 0 Å². The Labute approximate surface area is 598 Å². The van der Waals surface area contributed by atoms with Crippen molar-refractivity contribution in [3.8, 4) is 0 Å². The molecule has 0 saturated carbocycles. The fraction of sp³-hybridized carbons (Fsp3) is 0.919. The number of carbonyl (C=O) groups excluding carboxylic acids is 5. The van der Waals surface area contributed by atoms with Crippen molar-refractivity contribution in [2.24, 2.45) is 5.73 Å². The summed E-state index contributed by atoms with van der Waals surface area (Å²) in [6, 6.07) is -0.528. The molecule has 3 amide bonds. The molecule has 6 heterocycles. The standard InChI is InChI=1S/C33H60N4O19.C29H51NO18/c1-15(40)16(6-4-5-9-34)36-37-21(42)8-3-2-7-20(41)35-10-11-51-32-29(50)30(56-33-28(49)26(47)23(44)18(13-39)54-33)24(45)19(55-32)14-52-31-27(48)25(46)22(43)17(12-38)53-31;1-2-5-13(33)6-3-4-7-17(34)30-8-9-43-28-25(42)26(48-29-24(41)22(39)19(36)15(11-32)46-29)20(37)16(47-28)12-44-27-23(40)21(38)18(35)14(10-31)45-27/h16-19,22-33,36,38-39,43-50H,2-14,34H2,1H3,(H,35,41)(H,37,42);14-16,18-29,31-32,35-42H,2-12H2,1H3,(H,30,34)/t16-,17+,18+,19+,22+,23+,24+,25-,26-,27-,28-,29-,30-,31-,32+,33+;14-,15-,16-,18-,19-,20-,21+,22+,23+,24+,25+,26+,27+,28-,29-/m01/s1. The molecular weight excluding hydrogens is 1410 g/mol. The molecule has 0 aromatic carbocycles. The third-order valence-corrected chi connectivity index (χ3v) is 18.0. The molecule has 42 heteroatoms. The normalized spacial score (nSPS) is 38.5. The molecule has 6 rings (SSSR count). The van der Waals surface area contributed by atoms with E-state index in [0.717, 1.165) is 19.3 Å². The molecule has 6 aliphatic rings. The highest BCUT2D eigenvalue weighted by molar-refractivity contribution is 5.82. The van der Waals surface area contributed by atoms with Gasteiger partial charge in [0.2, 0.25) is 17.7 Å². The molecule has 0 aromatic heterocycles. The molecule has 6 saturated heterocycles. The van der Waals surface area contributed by atoms with E-state index in [9.17, 15) is 126 Å². The molecule has 104 heavy (non-hydrogen) atoms. The summed E-state index contributed by atoms with van der Waals surface area (Å²) in [5.74, 6) is -0.985. The van der Waals surface area contributed by atoms with Crippen LogP contribution in [0.1, 0.15) is 97.3 Å². The molecule has 0 unspecified atom stereocenters. The number of hydrogen-bond donors (Lipinski definition) is 25.